The van der Waals surface area contributed by atoms with E-state index in [4.69, 9.17) is 0 Å². The second-order valence-electron chi connectivity index (χ2n) is 3.01. The molecule has 0 fully saturated rings. The number of carbonyl (C=O) groups excluding carboxylic acids is 1. The number of unbranched alkanes of at least 4 members (excludes halogenated alkanes) is 3. The third kappa shape index (κ3) is 4.94. The van der Waals surface area contributed by atoms with Gasteiger partial charge in [0, 0.05) is 11.9 Å². The quantitative estimate of drug-likeness (QED) is 0.428. The molecule has 70 valence electrons. The van der Waals surface area contributed by atoms with Crippen LogP contribution in [-0.2, 0) is 4.79 Å². The van der Waals surface area contributed by atoms with Crippen molar-refractivity contribution in [3.63, 3.8) is 0 Å². The number of carboxylic acids is 1. The molecule has 0 spiro atoms. The van der Waals surface area contributed by atoms with E-state index in [9.17, 15) is 9.90 Å². The van der Waals surface area contributed by atoms with Crippen LogP contribution in [0.3, 0.4) is 0 Å². The highest BCUT2D eigenvalue weighted by Crippen LogP contribution is 2.10. The SMILES string of the molecule is C=CC(CCCCCC)C(=O)[O-]. The number of hydrogen-bond acceptors (Lipinski definition) is 2. The molecule has 0 N–H and O–H groups in total. The Morgan fingerprint density at radius 1 is 1.50 bits per heavy atom. The van der Waals surface area contributed by atoms with E-state index in [1.807, 2.05) is 0 Å². The lowest BCUT2D eigenvalue weighted by Crippen LogP contribution is -2.29. The Labute approximate surface area is 74.3 Å². The van der Waals surface area contributed by atoms with Gasteiger partial charge in [0.1, 0.15) is 0 Å². The van der Waals surface area contributed by atoms with Gasteiger partial charge in [-0.05, 0) is 6.42 Å². The molecule has 2 nitrogen and oxygen atoms in total. The molecule has 0 radical (unpaired) electrons. The molecule has 0 bridgehead atoms. The lowest BCUT2D eigenvalue weighted by molar-refractivity contribution is -0.309. The van der Waals surface area contributed by atoms with E-state index >= 15 is 0 Å². The van der Waals surface area contributed by atoms with Crippen LogP contribution < -0.4 is 5.11 Å². The van der Waals surface area contributed by atoms with Crippen LogP contribution in [0.15, 0.2) is 12.7 Å². The highest BCUT2D eigenvalue weighted by atomic mass is 16.4. The summed E-state index contributed by atoms with van der Waals surface area (Å²) in [6, 6.07) is 0. The van der Waals surface area contributed by atoms with Crippen LogP contribution in [0, 0.1) is 5.92 Å². The van der Waals surface area contributed by atoms with Gasteiger partial charge in [-0.25, -0.2) is 0 Å². The topological polar surface area (TPSA) is 40.1 Å². The fraction of sp³-hybridized carbons (Fsp3) is 0.700. The highest BCUT2D eigenvalue weighted by Gasteiger charge is 2.03. The average Bonchev–Trinajstić information content (AvgIpc) is 2.04. The van der Waals surface area contributed by atoms with Crippen molar-refractivity contribution < 1.29 is 9.90 Å². The minimum Gasteiger partial charge on any atom is -0.550 e. The van der Waals surface area contributed by atoms with Crippen molar-refractivity contribution in [2.75, 3.05) is 0 Å². The van der Waals surface area contributed by atoms with Crippen LogP contribution in [-0.4, -0.2) is 5.97 Å². The van der Waals surface area contributed by atoms with Gasteiger partial charge in [-0.1, -0.05) is 38.7 Å². The van der Waals surface area contributed by atoms with Crippen molar-refractivity contribution in [3.8, 4) is 0 Å². The third-order valence-electron chi connectivity index (χ3n) is 1.96. The van der Waals surface area contributed by atoms with Crippen molar-refractivity contribution >= 4 is 5.97 Å². The summed E-state index contributed by atoms with van der Waals surface area (Å²) in [5, 5.41) is 10.4. The van der Waals surface area contributed by atoms with Crippen molar-refractivity contribution in [3.05, 3.63) is 12.7 Å². The molecular weight excluding hydrogens is 152 g/mol. The molecule has 0 rings (SSSR count). The smallest absolute Gasteiger partial charge is 0.0482 e. The highest BCUT2D eigenvalue weighted by molar-refractivity contribution is 5.69. The molecule has 0 aliphatic carbocycles. The first kappa shape index (κ1) is 11.2. The standard InChI is InChI=1S/C10H18O2/c1-3-5-6-7-8-9(4-2)10(11)12/h4,9H,2-3,5-8H2,1H3,(H,11,12)/p-1. The minimum absolute atomic E-state index is 0.457. The number of aliphatic carboxylic acids is 1. The zero-order chi connectivity index (χ0) is 9.40. The first-order chi connectivity index (χ1) is 5.72. The fourth-order valence-corrected chi connectivity index (χ4v) is 1.12. The zero-order valence-electron chi connectivity index (χ0n) is 7.71. The zero-order valence-corrected chi connectivity index (χ0v) is 7.71. The lowest BCUT2D eigenvalue weighted by Gasteiger charge is -2.12. The van der Waals surface area contributed by atoms with Crippen molar-refractivity contribution in [2.24, 2.45) is 5.92 Å². The summed E-state index contributed by atoms with van der Waals surface area (Å²) in [6.45, 7) is 5.59. The molecule has 2 heteroatoms. The van der Waals surface area contributed by atoms with Crippen molar-refractivity contribution in [1.82, 2.24) is 0 Å². The van der Waals surface area contributed by atoms with Gasteiger partial charge < -0.3 is 9.90 Å². The maximum Gasteiger partial charge on any atom is 0.0482 e. The summed E-state index contributed by atoms with van der Waals surface area (Å²) in [5.74, 6) is -1.46. The summed E-state index contributed by atoms with van der Waals surface area (Å²) in [4.78, 5) is 10.4. The van der Waals surface area contributed by atoms with Gasteiger partial charge in [0.15, 0.2) is 0 Å². The molecular formula is C10H17O2-. The van der Waals surface area contributed by atoms with Crippen LogP contribution >= 0.6 is 0 Å². The maximum absolute atomic E-state index is 10.4. The van der Waals surface area contributed by atoms with Crippen LogP contribution in [0.4, 0.5) is 0 Å². The van der Waals surface area contributed by atoms with Gasteiger partial charge in [0.25, 0.3) is 0 Å². The molecule has 0 amide bonds. The van der Waals surface area contributed by atoms with E-state index < -0.39 is 11.9 Å². The maximum atomic E-state index is 10.4. The van der Waals surface area contributed by atoms with Gasteiger partial charge in [0.2, 0.25) is 0 Å². The Bertz CT molecular complexity index is 141. The molecule has 0 heterocycles. The van der Waals surface area contributed by atoms with E-state index in [-0.39, 0.29) is 0 Å². The molecule has 0 aromatic heterocycles. The molecule has 12 heavy (non-hydrogen) atoms. The van der Waals surface area contributed by atoms with Crippen molar-refractivity contribution in [2.45, 2.75) is 39.0 Å². The molecule has 0 aromatic rings. The van der Waals surface area contributed by atoms with Gasteiger partial charge in [-0.3, -0.25) is 0 Å². The Morgan fingerprint density at radius 3 is 2.58 bits per heavy atom. The van der Waals surface area contributed by atoms with E-state index in [1.54, 1.807) is 0 Å². The van der Waals surface area contributed by atoms with Crippen molar-refractivity contribution in [1.29, 1.82) is 0 Å². The molecule has 0 aliphatic heterocycles. The first-order valence-corrected chi connectivity index (χ1v) is 4.55. The normalized spacial score (nSPS) is 12.4. The molecule has 0 saturated heterocycles. The van der Waals surface area contributed by atoms with Gasteiger partial charge in [-0.15, -0.1) is 6.58 Å². The Kier molecular flexibility index (Phi) is 6.44. The molecule has 1 atom stereocenters. The lowest BCUT2D eigenvalue weighted by atomic mass is 10.0. The number of hydrogen-bond donors (Lipinski definition) is 0. The van der Waals surface area contributed by atoms with Crippen LogP contribution in [0.2, 0.25) is 0 Å². The summed E-state index contributed by atoms with van der Waals surface area (Å²) in [6.07, 6.45) is 6.54. The summed E-state index contributed by atoms with van der Waals surface area (Å²) >= 11 is 0. The van der Waals surface area contributed by atoms with E-state index in [1.165, 1.54) is 18.9 Å². The number of carbonyl (C=O) groups is 1. The molecule has 0 saturated carbocycles. The predicted octanol–water partition coefficient (Wildman–Crippen LogP) is 1.51. The van der Waals surface area contributed by atoms with Crippen LogP contribution in [0.25, 0.3) is 0 Å². The largest absolute Gasteiger partial charge is 0.550 e. The summed E-state index contributed by atoms with van der Waals surface area (Å²) in [7, 11) is 0. The van der Waals surface area contributed by atoms with Gasteiger partial charge >= 0.3 is 0 Å². The van der Waals surface area contributed by atoms with E-state index in [0.29, 0.717) is 6.42 Å². The molecule has 1 unspecified atom stereocenters. The van der Waals surface area contributed by atoms with Gasteiger partial charge in [0.05, 0.1) is 0 Å². The predicted molar refractivity (Wildman–Crippen MR) is 47.5 cm³/mol. The monoisotopic (exact) mass is 169 g/mol. The first-order valence-electron chi connectivity index (χ1n) is 4.55. The molecule has 0 aromatic carbocycles. The summed E-state index contributed by atoms with van der Waals surface area (Å²) in [5.41, 5.74) is 0. The average molecular weight is 169 g/mol. The second-order valence-corrected chi connectivity index (χ2v) is 3.01. The van der Waals surface area contributed by atoms with Crippen LogP contribution in [0.1, 0.15) is 39.0 Å². The van der Waals surface area contributed by atoms with E-state index in [2.05, 4.69) is 13.5 Å². The molecule has 0 aliphatic rings. The summed E-state index contributed by atoms with van der Waals surface area (Å²) < 4.78 is 0. The Hall–Kier alpha value is -0.790. The number of carboxylic acid groups (broad SMARTS) is 1. The minimum atomic E-state index is -0.999. The van der Waals surface area contributed by atoms with Gasteiger partial charge in [-0.2, -0.15) is 0 Å². The van der Waals surface area contributed by atoms with Crippen LogP contribution in [0.5, 0.6) is 0 Å². The fourth-order valence-electron chi connectivity index (χ4n) is 1.12. The number of rotatable bonds is 7. The third-order valence-corrected chi connectivity index (χ3v) is 1.96. The second kappa shape index (κ2) is 6.89. The Morgan fingerprint density at radius 2 is 2.17 bits per heavy atom. The Balaban J connectivity index is 3.45. The van der Waals surface area contributed by atoms with E-state index in [0.717, 1.165) is 12.8 Å².